The number of amides is 1. The van der Waals surface area contributed by atoms with E-state index in [0.29, 0.717) is 17.2 Å². The first-order valence-corrected chi connectivity index (χ1v) is 7.67. The van der Waals surface area contributed by atoms with Crippen LogP contribution < -0.4 is 14.8 Å². The second kappa shape index (κ2) is 7.90. The molecule has 0 spiro atoms. The molecule has 0 unspecified atom stereocenters. The summed E-state index contributed by atoms with van der Waals surface area (Å²) >= 11 is 0. The summed E-state index contributed by atoms with van der Waals surface area (Å²) in [6.07, 6.45) is 2.34. The lowest BCUT2D eigenvalue weighted by molar-refractivity contribution is 0.0636. The highest BCUT2D eigenvalue weighted by atomic mass is 16.6. The first kappa shape index (κ1) is 18.9. The third-order valence-electron chi connectivity index (χ3n) is 3.23. The van der Waals surface area contributed by atoms with Crippen LogP contribution in [0.4, 0.5) is 10.5 Å². The topological polar surface area (TPSA) is 56.8 Å². The molecule has 0 saturated heterocycles. The van der Waals surface area contributed by atoms with Gasteiger partial charge in [-0.25, -0.2) is 4.79 Å². The molecular weight excluding hydrogens is 294 g/mol. The summed E-state index contributed by atoms with van der Waals surface area (Å²) in [5.41, 5.74) is 2.05. The van der Waals surface area contributed by atoms with Gasteiger partial charge in [0.2, 0.25) is 0 Å². The molecule has 5 nitrogen and oxygen atoms in total. The Morgan fingerprint density at radius 2 is 1.74 bits per heavy atom. The SMILES string of the molecule is C/C=C(/CC)c1cc(OC)c(OC)cc1NC(=O)OC(C)(C)C. The predicted molar refractivity (Wildman–Crippen MR) is 93.3 cm³/mol. The largest absolute Gasteiger partial charge is 0.493 e. The maximum Gasteiger partial charge on any atom is 0.412 e. The van der Waals surface area contributed by atoms with Gasteiger partial charge in [-0.1, -0.05) is 13.0 Å². The highest BCUT2D eigenvalue weighted by Crippen LogP contribution is 2.37. The van der Waals surface area contributed by atoms with Gasteiger partial charge in [0, 0.05) is 11.6 Å². The van der Waals surface area contributed by atoms with Crippen LogP contribution in [-0.2, 0) is 4.74 Å². The minimum Gasteiger partial charge on any atom is -0.493 e. The summed E-state index contributed by atoms with van der Waals surface area (Å²) in [7, 11) is 3.15. The van der Waals surface area contributed by atoms with E-state index in [1.807, 2.05) is 39.8 Å². The number of nitrogens with one attached hydrogen (secondary N) is 1. The van der Waals surface area contributed by atoms with Crippen LogP contribution >= 0.6 is 0 Å². The van der Waals surface area contributed by atoms with E-state index in [2.05, 4.69) is 12.2 Å². The number of rotatable bonds is 5. The lowest BCUT2D eigenvalue weighted by Gasteiger charge is -2.21. The second-order valence-corrected chi connectivity index (χ2v) is 6.05. The number of hydrogen-bond donors (Lipinski definition) is 1. The van der Waals surface area contributed by atoms with Gasteiger partial charge in [0.1, 0.15) is 5.60 Å². The van der Waals surface area contributed by atoms with E-state index in [1.165, 1.54) is 0 Å². The number of ether oxygens (including phenoxy) is 3. The molecule has 1 aromatic carbocycles. The highest BCUT2D eigenvalue weighted by molar-refractivity contribution is 5.91. The van der Waals surface area contributed by atoms with Gasteiger partial charge in [0.25, 0.3) is 0 Å². The van der Waals surface area contributed by atoms with Crippen molar-refractivity contribution < 1.29 is 19.0 Å². The summed E-state index contributed by atoms with van der Waals surface area (Å²) in [4.78, 5) is 12.1. The van der Waals surface area contributed by atoms with Crippen LogP contribution in [0.5, 0.6) is 11.5 Å². The molecule has 0 aromatic heterocycles. The van der Waals surface area contributed by atoms with Crippen molar-refractivity contribution in [1.29, 1.82) is 0 Å². The van der Waals surface area contributed by atoms with Crippen LogP contribution in [0.3, 0.4) is 0 Å². The fourth-order valence-electron chi connectivity index (χ4n) is 2.21. The number of hydrogen-bond acceptors (Lipinski definition) is 4. The van der Waals surface area contributed by atoms with E-state index in [4.69, 9.17) is 14.2 Å². The van der Waals surface area contributed by atoms with E-state index in [-0.39, 0.29) is 0 Å². The monoisotopic (exact) mass is 321 g/mol. The minimum absolute atomic E-state index is 0.502. The van der Waals surface area contributed by atoms with Crippen molar-refractivity contribution in [2.45, 2.75) is 46.6 Å². The Morgan fingerprint density at radius 1 is 1.17 bits per heavy atom. The number of carbonyl (C=O) groups is 1. The Kier molecular flexibility index (Phi) is 6.49. The normalized spacial score (nSPS) is 11.9. The molecule has 23 heavy (non-hydrogen) atoms. The Hall–Kier alpha value is -2.17. The summed E-state index contributed by atoms with van der Waals surface area (Å²) in [5.74, 6) is 1.17. The Bertz CT molecular complexity index is 585. The summed E-state index contributed by atoms with van der Waals surface area (Å²) in [6, 6.07) is 3.61. The molecule has 0 atom stereocenters. The number of methoxy groups -OCH3 is 2. The predicted octanol–water partition coefficient (Wildman–Crippen LogP) is 4.86. The molecule has 0 aliphatic carbocycles. The third kappa shape index (κ3) is 5.20. The summed E-state index contributed by atoms with van der Waals surface area (Å²) in [6.45, 7) is 9.50. The van der Waals surface area contributed by atoms with Crippen molar-refractivity contribution in [2.24, 2.45) is 0 Å². The zero-order valence-corrected chi connectivity index (χ0v) is 15.1. The van der Waals surface area contributed by atoms with Gasteiger partial charge in [0.15, 0.2) is 11.5 Å². The zero-order chi connectivity index (χ0) is 17.6. The van der Waals surface area contributed by atoms with E-state index in [9.17, 15) is 4.79 Å². The van der Waals surface area contributed by atoms with Crippen LogP contribution in [0.25, 0.3) is 5.57 Å². The lowest BCUT2D eigenvalue weighted by Crippen LogP contribution is -2.27. The fourth-order valence-corrected chi connectivity index (χ4v) is 2.21. The van der Waals surface area contributed by atoms with E-state index >= 15 is 0 Å². The van der Waals surface area contributed by atoms with E-state index in [1.54, 1.807) is 20.3 Å². The molecule has 1 aromatic rings. The molecule has 1 amide bonds. The van der Waals surface area contributed by atoms with Crippen LogP contribution in [0.2, 0.25) is 0 Å². The molecule has 0 saturated carbocycles. The smallest absolute Gasteiger partial charge is 0.412 e. The average molecular weight is 321 g/mol. The van der Waals surface area contributed by atoms with Gasteiger partial charge in [-0.2, -0.15) is 0 Å². The van der Waals surface area contributed by atoms with Gasteiger partial charge in [-0.15, -0.1) is 0 Å². The van der Waals surface area contributed by atoms with E-state index < -0.39 is 11.7 Å². The third-order valence-corrected chi connectivity index (χ3v) is 3.23. The van der Waals surface area contributed by atoms with Gasteiger partial charge >= 0.3 is 6.09 Å². The van der Waals surface area contributed by atoms with Crippen LogP contribution in [0, 0.1) is 0 Å². The second-order valence-electron chi connectivity index (χ2n) is 6.05. The number of anilines is 1. The maximum atomic E-state index is 12.1. The zero-order valence-electron chi connectivity index (χ0n) is 15.1. The number of carbonyl (C=O) groups excluding carboxylic acids is 1. The average Bonchev–Trinajstić information content (AvgIpc) is 2.47. The molecule has 0 aliphatic heterocycles. The van der Waals surface area contributed by atoms with Gasteiger partial charge < -0.3 is 14.2 Å². The molecular formula is C18H27NO4. The summed E-state index contributed by atoms with van der Waals surface area (Å²) in [5, 5.41) is 2.80. The number of benzene rings is 1. The maximum absolute atomic E-state index is 12.1. The standard InChI is InChI=1S/C18H27NO4/c1-8-12(9-2)13-10-15(21-6)16(22-7)11-14(13)19-17(20)23-18(3,4)5/h8,10-11H,9H2,1-7H3,(H,19,20)/b12-8-. The minimum atomic E-state index is -0.561. The summed E-state index contributed by atoms with van der Waals surface area (Å²) < 4.78 is 16.0. The van der Waals surface area contributed by atoms with E-state index in [0.717, 1.165) is 17.6 Å². The van der Waals surface area contributed by atoms with Crippen molar-refractivity contribution in [3.05, 3.63) is 23.8 Å². The lowest BCUT2D eigenvalue weighted by atomic mass is 10.0. The first-order valence-electron chi connectivity index (χ1n) is 7.67. The Labute approximate surface area is 138 Å². The van der Waals surface area contributed by atoms with Gasteiger partial charge in [0.05, 0.1) is 19.9 Å². The molecule has 0 heterocycles. The quantitative estimate of drug-likeness (QED) is 0.841. The van der Waals surface area contributed by atoms with Crippen molar-refractivity contribution >= 4 is 17.4 Å². The molecule has 0 radical (unpaired) electrons. The van der Waals surface area contributed by atoms with Crippen LogP contribution in [0.15, 0.2) is 18.2 Å². The van der Waals surface area contributed by atoms with Crippen molar-refractivity contribution in [2.75, 3.05) is 19.5 Å². The Balaban J connectivity index is 3.29. The number of allylic oxidation sites excluding steroid dienone is 2. The Morgan fingerprint density at radius 3 is 2.17 bits per heavy atom. The van der Waals surface area contributed by atoms with Gasteiger partial charge in [-0.05, 0) is 45.8 Å². The van der Waals surface area contributed by atoms with Gasteiger partial charge in [-0.3, -0.25) is 5.32 Å². The first-order chi connectivity index (χ1) is 10.8. The van der Waals surface area contributed by atoms with Crippen LogP contribution in [-0.4, -0.2) is 25.9 Å². The van der Waals surface area contributed by atoms with Crippen molar-refractivity contribution in [1.82, 2.24) is 0 Å². The fraction of sp³-hybridized carbons (Fsp3) is 0.500. The molecule has 1 N–H and O–H groups in total. The molecule has 0 fully saturated rings. The van der Waals surface area contributed by atoms with Crippen molar-refractivity contribution in [3.63, 3.8) is 0 Å². The molecule has 0 bridgehead atoms. The molecule has 1 rings (SSSR count). The molecule has 0 aliphatic rings. The van der Waals surface area contributed by atoms with Crippen molar-refractivity contribution in [3.8, 4) is 11.5 Å². The molecule has 128 valence electrons. The van der Waals surface area contributed by atoms with Crippen LogP contribution in [0.1, 0.15) is 46.6 Å². The molecule has 5 heteroatoms. The highest BCUT2D eigenvalue weighted by Gasteiger charge is 2.19.